The van der Waals surface area contributed by atoms with Crippen LogP contribution in [0.15, 0.2) is 0 Å². The van der Waals surface area contributed by atoms with Crippen LogP contribution in [0.3, 0.4) is 0 Å². The number of nitrogens with zero attached hydrogens (tertiary/aromatic N) is 1. The molecule has 2 heterocycles. The Labute approximate surface area is 94.0 Å². The normalized spacial score (nSPS) is 17.4. The summed E-state index contributed by atoms with van der Waals surface area (Å²) in [6.45, 7) is 8.01. The molecule has 78 valence electrons. The topological polar surface area (TPSA) is 19.0 Å². The van der Waals surface area contributed by atoms with Crippen molar-refractivity contribution >= 4 is 23.6 Å². The van der Waals surface area contributed by atoms with Crippen LogP contribution in [0, 0.1) is 9.87 Å². The molecule has 14 heavy (non-hydrogen) atoms. The first-order valence-electron chi connectivity index (χ1n) is 5.08. The molecule has 0 saturated heterocycles. The molecule has 2 rings (SSSR count). The van der Waals surface area contributed by atoms with E-state index in [1.807, 2.05) is 0 Å². The van der Waals surface area contributed by atoms with Crippen LogP contribution < -0.4 is 0 Å². The molecule has 1 aromatic rings. The molecule has 1 aromatic heterocycles. The number of nitrogens with one attached hydrogen (secondary N) is 1. The summed E-state index contributed by atoms with van der Waals surface area (Å²) in [4.78, 5) is 7.24. The van der Waals surface area contributed by atoms with E-state index in [-0.39, 0.29) is 0 Å². The van der Waals surface area contributed by atoms with Gasteiger partial charge in [-0.15, -0.1) is 11.3 Å². The van der Waals surface area contributed by atoms with Gasteiger partial charge < -0.3 is 4.98 Å². The average molecular weight is 228 g/mol. The lowest BCUT2D eigenvalue weighted by Crippen LogP contribution is -2.32. The van der Waals surface area contributed by atoms with Gasteiger partial charge in [0.15, 0.2) is 3.95 Å². The van der Waals surface area contributed by atoms with E-state index in [1.165, 1.54) is 23.7 Å². The number of aromatic nitrogens is 1. The lowest BCUT2D eigenvalue weighted by atomic mass is 10.1. The van der Waals surface area contributed by atoms with Gasteiger partial charge in [0, 0.05) is 36.6 Å². The van der Waals surface area contributed by atoms with E-state index in [1.54, 1.807) is 11.3 Å². The fourth-order valence-corrected chi connectivity index (χ4v) is 3.29. The predicted octanol–water partition coefficient (Wildman–Crippen LogP) is 2.82. The van der Waals surface area contributed by atoms with Crippen LogP contribution in [0.25, 0.3) is 0 Å². The predicted molar refractivity (Wildman–Crippen MR) is 63.3 cm³/mol. The molecular formula is C10H16N2S2. The van der Waals surface area contributed by atoms with E-state index in [9.17, 15) is 0 Å². The maximum absolute atomic E-state index is 5.15. The highest BCUT2D eigenvalue weighted by molar-refractivity contribution is 7.73. The van der Waals surface area contributed by atoms with E-state index in [4.69, 9.17) is 12.2 Å². The number of H-pyrrole nitrogens is 1. The van der Waals surface area contributed by atoms with Crippen molar-refractivity contribution in [2.45, 2.75) is 26.8 Å². The summed E-state index contributed by atoms with van der Waals surface area (Å²) in [7, 11) is 0. The molecule has 0 amide bonds. The number of hydrogen-bond donors (Lipinski definition) is 1. The van der Waals surface area contributed by atoms with Crippen LogP contribution in [0.5, 0.6) is 0 Å². The number of hydrogen-bond acceptors (Lipinski definition) is 3. The van der Waals surface area contributed by atoms with Gasteiger partial charge in [-0.2, -0.15) is 0 Å². The number of rotatable bonds is 2. The van der Waals surface area contributed by atoms with Gasteiger partial charge in [0.25, 0.3) is 0 Å². The lowest BCUT2D eigenvalue weighted by Gasteiger charge is -2.27. The summed E-state index contributed by atoms with van der Waals surface area (Å²) >= 11 is 6.89. The van der Waals surface area contributed by atoms with E-state index in [2.05, 4.69) is 23.7 Å². The van der Waals surface area contributed by atoms with Gasteiger partial charge in [0.2, 0.25) is 0 Å². The van der Waals surface area contributed by atoms with Crippen molar-refractivity contribution in [1.29, 1.82) is 0 Å². The quantitative estimate of drug-likeness (QED) is 0.785. The van der Waals surface area contributed by atoms with Gasteiger partial charge in [-0.05, 0) is 18.1 Å². The summed E-state index contributed by atoms with van der Waals surface area (Å²) in [6, 6.07) is 0. The Morgan fingerprint density at radius 2 is 2.36 bits per heavy atom. The van der Waals surface area contributed by atoms with Gasteiger partial charge in [0.1, 0.15) is 0 Å². The van der Waals surface area contributed by atoms with Gasteiger partial charge >= 0.3 is 0 Å². The van der Waals surface area contributed by atoms with Crippen LogP contribution in [-0.4, -0.2) is 23.0 Å². The molecule has 1 aliphatic heterocycles. The molecule has 0 atom stereocenters. The molecule has 1 N–H and O–H groups in total. The van der Waals surface area contributed by atoms with Crippen LogP contribution in [0.1, 0.15) is 24.4 Å². The highest BCUT2D eigenvalue weighted by Crippen LogP contribution is 2.23. The lowest BCUT2D eigenvalue weighted by molar-refractivity contribution is 0.228. The molecule has 1 aliphatic rings. The van der Waals surface area contributed by atoms with Gasteiger partial charge in [-0.3, -0.25) is 4.90 Å². The third-order valence-corrected chi connectivity index (χ3v) is 3.74. The molecule has 0 saturated carbocycles. The monoisotopic (exact) mass is 228 g/mol. The van der Waals surface area contributed by atoms with Crippen LogP contribution in [-0.2, 0) is 13.0 Å². The molecule has 0 unspecified atom stereocenters. The Morgan fingerprint density at radius 3 is 3.07 bits per heavy atom. The molecule has 0 spiro atoms. The highest BCUT2D eigenvalue weighted by atomic mass is 32.1. The molecule has 4 heteroatoms. The second-order valence-electron chi connectivity index (χ2n) is 4.30. The van der Waals surface area contributed by atoms with E-state index >= 15 is 0 Å². The Balaban J connectivity index is 2.09. The number of fused-ring (bicyclic) bond motifs is 1. The fourth-order valence-electron chi connectivity index (χ4n) is 1.95. The van der Waals surface area contributed by atoms with Gasteiger partial charge in [0.05, 0.1) is 0 Å². The van der Waals surface area contributed by atoms with Crippen molar-refractivity contribution in [3.63, 3.8) is 0 Å². The SMILES string of the molecule is CC(C)CN1CCc2[nH]c(=S)sc2C1. The summed E-state index contributed by atoms with van der Waals surface area (Å²) in [5.41, 5.74) is 1.38. The van der Waals surface area contributed by atoms with Crippen molar-refractivity contribution in [2.24, 2.45) is 5.92 Å². The first-order chi connectivity index (χ1) is 6.65. The van der Waals surface area contributed by atoms with E-state index < -0.39 is 0 Å². The van der Waals surface area contributed by atoms with E-state index in [0.29, 0.717) is 0 Å². The Kier molecular flexibility index (Phi) is 3.04. The third kappa shape index (κ3) is 2.24. The summed E-state index contributed by atoms with van der Waals surface area (Å²) < 4.78 is 0.932. The third-order valence-electron chi connectivity index (χ3n) is 2.47. The first-order valence-corrected chi connectivity index (χ1v) is 6.31. The second kappa shape index (κ2) is 4.13. The smallest absolute Gasteiger partial charge is 0.158 e. The second-order valence-corrected chi connectivity index (χ2v) is 6.07. The van der Waals surface area contributed by atoms with Crippen LogP contribution in [0.4, 0.5) is 0 Å². The minimum atomic E-state index is 0.753. The zero-order valence-corrected chi connectivity index (χ0v) is 10.3. The van der Waals surface area contributed by atoms with Gasteiger partial charge in [-0.1, -0.05) is 13.8 Å². The number of thiazole rings is 1. The molecule has 0 bridgehead atoms. The van der Waals surface area contributed by atoms with E-state index in [0.717, 1.165) is 22.8 Å². The van der Waals surface area contributed by atoms with Gasteiger partial charge in [-0.25, -0.2) is 0 Å². The maximum atomic E-state index is 5.15. The molecule has 0 aliphatic carbocycles. The number of aromatic amines is 1. The fraction of sp³-hybridized carbons (Fsp3) is 0.700. The van der Waals surface area contributed by atoms with Crippen LogP contribution in [0.2, 0.25) is 0 Å². The van der Waals surface area contributed by atoms with Crippen molar-refractivity contribution in [3.8, 4) is 0 Å². The Bertz CT molecular complexity index is 364. The largest absolute Gasteiger partial charge is 0.341 e. The summed E-state index contributed by atoms with van der Waals surface area (Å²) in [6.07, 6.45) is 1.13. The highest BCUT2D eigenvalue weighted by Gasteiger charge is 2.18. The Morgan fingerprint density at radius 1 is 1.57 bits per heavy atom. The van der Waals surface area contributed by atoms with Crippen molar-refractivity contribution in [3.05, 3.63) is 14.5 Å². The zero-order valence-electron chi connectivity index (χ0n) is 8.67. The zero-order chi connectivity index (χ0) is 10.1. The van der Waals surface area contributed by atoms with Crippen molar-refractivity contribution < 1.29 is 0 Å². The summed E-state index contributed by atoms with van der Waals surface area (Å²) in [5.74, 6) is 0.753. The Hall–Kier alpha value is -0.190. The average Bonchev–Trinajstić information content (AvgIpc) is 2.42. The molecular weight excluding hydrogens is 212 g/mol. The molecule has 0 fully saturated rings. The van der Waals surface area contributed by atoms with Crippen molar-refractivity contribution in [2.75, 3.05) is 13.1 Å². The standard InChI is InChI=1S/C10H16N2S2/c1-7(2)5-12-4-3-8-9(6-12)14-10(13)11-8/h7H,3-6H2,1-2H3,(H,11,13). The van der Waals surface area contributed by atoms with Crippen LogP contribution >= 0.6 is 23.6 Å². The summed E-state index contributed by atoms with van der Waals surface area (Å²) in [5, 5.41) is 0. The minimum Gasteiger partial charge on any atom is -0.341 e. The maximum Gasteiger partial charge on any atom is 0.158 e. The molecule has 0 aromatic carbocycles. The molecule has 0 radical (unpaired) electrons. The minimum absolute atomic E-state index is 0.753. The van der Waals surface area contributed by atoms with Crippen molar-refractivity contribution in [1.82, 2.24) is 9.88 Å². The first kappa shape index (κ1) is 10.3. The molecule has 2 nitrogen and oxygen atoms in total.